The molecule has 1 aliphatic heterocycles. The second-order valence-corrected chi connectivity index (χ2v) is 7.93. The van der Waals surface area contributed by atoms with Crippen LogP contribution in [-0.2, 0) is 6.54 Å². The Hall–Kier alpha value is -3.76. The van der Waals surface area contributed by atoms with Crippen molar-refractivity contribution in [2.24, 2.45) is 0 Å². The highest BCUT2D eigenvalue weighted by Gasteiger charge is 2.29. The molecule has 2 aromatic carbocycles. The fourth-order valence-electron chi connectivity index (χ4n) is 3.64. The lowest BCUT2D eigenvalue weighted by molar-refractivity contribution is -0.383. The third-order valence-electron chi connectivity index (χ3n) is 5.29. The maximum atomic E-state index is 12.4. The zero-order valence-corrected chi connectivity index (χ0v) is 18.4. The molecule has 170 valence electrons. The van der Waals surface area contributed by atoms with Gasteiger partial charge in [-0.25, -0.2) is 9.97 Å². The van der Waals surface area contributed by atoms with E-state index in [-0.39, 0.29) is 17.3 Å². The average molecular weight is 468 g/mol. The van der Waals surface area contributed by atoms with Crippen molar-refractivity contribution in [2.75, 3.05) is 36.5 Å². The summed E-state index contributed by atoms with van der Waals surface area (Å²) in [5.74, 6) is -0.373. The zero-order chi connectivity index (χ0) is 23.2. The number of piperazine rings is 1. The van der Waals surface area contributed by atoms with E-state index in [1.54, 1.807) is 18.2 Å². The quantitative estimate of drug-likeness (QED) is 0.402. The molecule has 3 aromatic rings. The Bertz CT molecular complexity index is 1140. The number of nitrogens with one attached hydrogen (secondary N) is 2. The monoisotopic (exact) mass is 467 g/mol. The maximum absolute atomic E-state index is 12.4. The SMILES string of the molecule is O=C(NNc1ncnc(N2CCN(Cc3ccccc3)CC2)c1[N+](=O)[O-])c1cccc(Cl)c1. The molecule has 33 heavy (non-hydrogen) atoms. The zero-order valence-electron chi connectivity index (χ0n) is 17.6. The van der Waals surface area contributed by atoms with Gasteiger partial charge in [-0.2, -0.15) is 0 Å². The molecule has 1 aromatic heterocycles. The van der Waals surface area contributed by atoms with E-state index in [2.05, 4.69) is 37.9 Å². The van der Waals surface area contributed by atoms with Crippen molar-refractivity contribution < 1.29 is 9.72 Å². The summed E-state index contributed by atoms with van der Waals surface area (Å²) in [5, 5.41) is 12.3. The molecule has 0 radical (unpaired) electrons. The van der Waals surface area contributed by atoms with Crippen LogP contribution in [0.15, 0.2) is 60.9 Å². The van der Waals surface area contributed by atoms with Gasteiger partial charge >= 0.3 is 5.69 Å². The number of hydrazine groups is 1. The van der Waals surface area contributed by atoms with Crippen LogP contribution in [0.25, 0.3) is 0 Å². The fourth-order valence-corrected chi connectivity index (χ4v) is 3.83. The summed E-state index contributed by atoms with van der Waals surface area (Å²) < 4.78 is 0. The Morgan fingerprint density at radius 1 is 1.06 bits per heavy atom. The number of anilines is 2. The Kier molecular flexibility index (Phi) is 6.96. The van der Waals surface area contributed by atoms with Crippen LogP contribution in [-0.4, -0.2) is 51.9 Å². The number of carbonyl (C=O) groups is 1. The molecule has 0 aliphatic carbocycles. The highest BCUT2D eigenvalue weighted by Crippen LogP contribution is 2.32. The van der Waals surface area contributed by atoms with Gasteiger partial charge in [0, 0.05) is 43.3 Å². The summed E-state index contributed by atoms with van der Waals surface area (Å²) in [7, 11) is 0. The Balaban J connectivity index is 1.44. The van der Waals surface area contributed by atoms with E-state index in [0.717, 1.165) is 19.6 Å². The number of hydrogen-bond acceptors (Lipinski definition) is 8. The highest BCUT2D eigenvalue weighted by molar-refractivity contribution is 6.30. The lowest BCUT2D eigenvalue weighted by Crippen LogP contribution is -2.46. The number of nitro groups is 1. The van der Waals surface area contributed by atoms with Crippen molar-refractivity contribution in [3.8, 4) is 0 Å². The second-order valence-electron chi connectivity index (χ2n) is 7.49. The number of amides is 1. The van der Waals surface area contributed by atoms with Crippen LogP contribution in [0.3, 0.4) is 0 Å². The average Bonchev–Trinajstić information content (AvgIpc) is 2.83. The van der Waals surface area contributed by atoms with Crippen molar-refractivity contribution in [3.63, 3.8) is 0 Å². The minimum Gasteiger partial charge on any atom is -0.348 e. The maximum Gasteiger partial charge on any atom is 0.355 e. The molecule has 11 heteroatoms. The van der Waals surface area contributed by atoms with Gasteiger partial charge in [-0.05, 0) is 23.8 Å². The first kappa shape index (κ1) is 22.4. The molecule has 4 rings (SSSR count). The van der Waals surface area contributed by atoms with Gasteiger partial charge in [0.25, 0.3) is 5.91 Å². The topological polar surface area (TPSA) is 117 Å². The molecule has 0 saturated carbocycles. The van der Waals surface area contributed by atoms with Gasteiger partial charge in [0.1, 0.15) is 6.33 Å². The van der Waals surface area contributed by atoms with E-state index < -0.39 is 10.8 Å². The van der Waals surface area contributed by atoms with Gasteiger partial charge in [-0.15, -0.1) is 0 Å². The predicted octanol–water partition coefficient (Wildman–Crippen LogP) is 3.12. The first-order valence-electron chi connectivity index (χ1n) is 10.3. The van der Waals surface area contributed by atoms with Crippen LogP contribution in [0, 0.1) is 10.1 Å². The van der Waals surface area contributed by atoms with Gasteiger partial charge in [0.05, 0.1) is 4.92 Å². The second kappa shape index (κ2) is 10.2. The molecule has 1 aliphatic rings. The molecule has 0 spiro atoms. The molecule has 0 atom stereocenters. The van der Waals surface area contributed by atoms with E-state index in [9.17, 15) is 14.9 Å². The van der Waals surface area contributed by atoms with Crippen molar-refractivity contribution in [3.05, 3.63) is 87.2 Å². The minimum absolute atomic E-state index is 0.0907. The summed E-state index contributed by atoms with van der Waals surface area (Å²) in [6, 6.07) is 16.5. The van der Waals surface area contributed by atoms with E-state index in [0.29, 0.717) is 23.7 Å². The number of benzene rings is 2. The van der Waals surface area contributed by atoms with Crippen molar-refractivity contribution in [2.45, 2.75) is 6.54 Å². The van der Waals surface area contributed by atoms with Crippen molar-refractivity contribution in [1.82, 2.24) is 20.3 Å². The number of rotatable bonds is 7. The van der Waals surface area contributed by atoms with E-state index in [1.807, 2.05) is 23.1 Å². The number of hydrogen-bond donors (Lipinski definition) is 2. The Morgan fingerprint density at radius 3 is 2.52 bits per heavy atom. The van der Waals surface area contributed by atoms with Gasteiger partial charge in [-0.1, -0.05) is 48.0 Å². The van der Waals surface area contributed by atoms with Crippen LogP contribution in [0.2, 0.25) is 5.02 Å². The first-order chi connectivity index (χ1) is 16.0. The number of halogens is 1. The van der Waals surface area contributed by atoms with E-state index in [1.165, 1.54) is 18.0 Å². The lowest BCUT2D eigenvalue weighted by atomic mass is 10.2. The third kappa shape index (κ3) is 5.54. The molecule has 2 N–H and O–H groups in total. The summed E-state index contributed by atoms with van der Waals surface area (Å²) in [6.07, 6.45) is 1.24. The summed E-state index contributed by atoms with van der Waals surface area (Å²) >= 11 is 5.92. The number of nitrogens with zero attached hydrogens (tertiary/aromatic N) is 5. The molecule has 1 saturated heterocycles. The van der Waals surface area contributed by atoms with Gasteiger partial charge in [-0.3, -0.25) is 30.7 Å². The van der Waals surface area contributed by atoms with E-state index in [4.69, 9.17) is 11.6 Å². The first-order valence-corrected chi connectivity index (χ1v) is 10.7. The lowest BCUT2D eigenvalue weighted by Gasteiger charge is -2.35. The normalized spacial score (nSPS) is 14.0. The van der Waals surface area contributed by atoms with Crippen LogP contribution < -0.4 is 15.8 Å². The van der Waals surface area contributed by atoms with Crippen LogP contribution in [0.4, 0.5) is 17.3 Å². The molecular formula is C22H22ClN7O3. The summed E-state index contributed by atoms with van der Waals surface area (Å²) in [4.78, 5) is 36.0. The van der Waals surface area contributed by atoms with E-state index >= 15 is 0 Å². The molecule has 10 nitrogen and oxygen atoms in total. The Morgan fingerprint density at radius 2 is 1.82 bits per heavy atom. The highest BCUT2D eigenvalue weighted by atomic mass is 35.5. The molecular weight excluding hydrogens is 446 g/mol. The van der Waals surface area contributed by atoms with Gasteiger partial charge in [0.2, 0.25) is 11.6 Å². The largest absolute Gasteiger partial charge is 0.355 e. The minimum atomic E-state index is -0.542. The van der Waals surface area contributed by atoms with Crippen LogP contribution in [0.5, 0.6) is 0 Å². The molecule has 0 unspecified atom stereocenters. The third-order valence-corrected chi connectivity index (χ3v) is 5.52. The van der Waals surface area contributed by atoms with Crippen LogP contribution >= 0.6 is 11.6 Å². The fraction of sp³-hybridized carbons (Fsp3) is 0.227. The predicted molar refractivity (Wildman–Crippen MR) is 125 cm³/mol. The molecule has 1 fully saturated rings. The molecule has 2 heterocycles. The van der Waals surface area contributed by atoms with Crippen molar-refractivity contribution >= 4 is 34.8 Å². The number of aromatic nitrogens is 2. The Labute approximate surface area is 195 Å². The van der Waals surface area contributed by atoms with Crippen LogP contribution in [0.1, 0.15) is 15.9 Å². The molecule has 0 bridgehead atoms. The molecule has 1 amide bonds. The smallest absolute Gasteiger partial charge is 0.348 e. The number of carbonyl (C=O) groups excluding carboxylic acids is 1. The summed E-state index contributed by atoms with van der Waals surface area (Å²) in [6.45, 7) is 3.47. The van der Waals surface area contributed by atoms with Crippen molar-refractivity contribution in [1.29, 1.82) is 0 Å². The van der Waals surface area contributed by atoms with Gasteiger partial charge in [0.15, 0.2) is 0 Å². The van der Waals surface area contributed by atoms with Gasteiger partial charge < -0.3 is 4.90 Å². The summed E-state index contributed by atoms with van der Waals surface area (Å²) in [5.41, 5.74) is 6.23. The standard InChI is InChI=1S/C22H22ClN7O3/c23-18-8-4-7-17(13-18)22(31)27-26-20-19(30(32)33)21(25-15-24-20)29-11-9-28(10-12-29)14-16-5-2-1-3-6-16/h1-8,13,15H,9-12,14H2,(H,27,31)(H,24,25,26).